The summed E-state index contributed by atoms with van der Waals surface area (Å²) in [5.74, 6) is 3.81. The third kappa shape index (κ3) is 4.81. The standard InChI is InChI=1S/C39H40N4O/c1-24(2)39-38(37-26(4)11-9-12-27(37)5)28(6)41-43(39)29-13-10-14-30(22-29)44-31-17-18-33-32-15-7-8-16-34(32)42(35(33)23-31)36-21-25(3)19-20-40-36/h7-8,10-11,13-24,27,37H,9,12H2,1-6H3/t27-,37?/m0/s1. The first kappa shape index (κ1) is 28.1. The van der Waals surface area contributed by atoms with Crippen molar-refractivity contribution in [3.8, 4) is 23.0 Å². The van der Waals surface area contributed by atoms with Crippen molar-refractivity contribution in [3.63, 3.8) is 0 Å². The molecule has 1 unspecified atom stereocenters. The van der Waals surface area contributed by atoms with Crippen LogP contribution in [0.5, 0.6) is 11.5 Å². The van der Waals surface area contributed by atoms with Gasteiger partial charge in [0.2, 0.25) is 0 Å². The number of aryl methyl sites for hydroxylation is 2. The zero-order valence-electron chi connectivity index (χ0n) is 26.5. The Morgan fingerprint density at radius 3 is 2.43 bits per heavy atom. The van der Waals surface area contributed by atoms with Crippen LogP contribution in [-0.2, 0) is 0 Å². The Labute approximate surface area is 259 Å². The Balaban J connectivity index is 1.29. The van der Waals surface area contributed by atoms with Crippen molar-refractivity contribution < 1.29 is 4.74 Å². The van der Waals surface area contributed by atoms with E-state index in [0.717, 1.165) is 39.7 Å². The number of aromatic nitrogens is 4. The largest absolute Gasteiger partial charge is 0.457 e. The molecule has 6 aromatic rings. The fourth-order valence-corrected chi connectivity index (χ4v) is 7.24. The lowest BCUT2D eigenvalue weighted by atomic mass is 9.74. The third-order valence-electron chi connectivity index (χ3n) is 9.22. The Morgan fingerprint density at radius 1 is 0.841 bits per heavy atom. The molecule has 222 valence electrons. The maximum Gasteiger partial charge on any atom is 0.137 e. The number of benzene rings is 3. The highest BCUT2D eigenvalue weighted by atomic mass is 16.5. The van der Waals surface area contributed by atoms with Crippen LogP contribution in [-0.4, -0.2) is 19.3 Å². The highest BCUT2D eigenvalue weighted by molar-refractivity contribution is 6.09. The molecule has 7 rings (SSSR count). The molecule has 1 aliphatic rings. The summed E-state index contributed by atoms with van der Waals surface area (Å²) in [6.07, 6.45) is 6.68. The molecule has 0 saturated heterocycles. The van der Waals surface area contributed by atoms with Gasteiger partial charge in [-0.05, 0) is 93.5 Å². The Bertz CT molecular complexity index is 2040. The van der Waals surface area contributed by atoms with E-state index in [-0.39, 0.29) is 0 Å². The van der Waals surface area contributed by atoms with Gasteiger partial charge in [0.05, 0.1) is 28.1 Å². The van der Waals surface area contributed by atoms with Crippen LogP contribution in [0.4, 0.5) is 0 Å². The normalized spacial score (nSPS) is 17.0. The van der Waals surface area contributed by atoms with E-state index < -0.39 is 0 Å². The Morgan fingerprint density at radius 2 is 1.64 bits per heavy atom. The first-order chi connectivity index (χ1) is 21.3. The van der Waals surface area contributed by atoms with E-state index in [2.05, 4.69) is 124 Å². The predicted octanol–water partition coefficient (Wildman–Crippen LogP) is 10.4. The monoisotopic (exact) mass is 580 g/mol. The minimum atomic E-state index is 0.331. The fourth-order valence-electron chi connectivity index (χ4n) is 7.24. The molecule has 44 heavy (non-hydrogen) atoms. The maximum absolute atomic E-state index is 6.56. The summed E-state index contributed by atoms with van der Waals surface area (Å²) in [6, 6.07) is 27.3. The van der Waals surface area contributed by atoms with Crippen molar-refractivity contribution in [2.75, 3.05) is 0 Å². The van der Waals surface area contributed by atoms with Gasteiger partial charge in [-0.15, -0.1) is 0 Å². The number of nitrogens with zero attached hydrogens (tertiary/aromatic N) is 4. The number of pyridine rings is 1. The van der Waals surface area contributed by atoms with Crippen LogP contribution in [0.15, 0.2) is 96.7 Å². The molecule has 2 atom stereocenters. The van der Waals surface area contributed by atoms with Gasteiger partial charge < -0.3 is 4.74 Å². The minimum Gasteiger partial charge on any atom is -0.457 e. The molecular formula is C39H40N4O. The highest BCUT2D eigenvalue weighted by Gasteiger charge is 2.31. The first-order valence-electron chi connectivity index (χ1n) is 15.8. The van der Waals surface area contributed by atoms with Crippen molar-refractivity contribution in [3.05, 3.63) is 119 Å². The second-order valence-corrected chi connectivity index (χ2v) is 12.8. The van der Waals surface area contributed by atoms with E-state index in [1.54, 1.807) is 0 Å². The van der Waals surface area contributed by atoms with Gasteiger partial charge in [-0.1, -0.05) is 56.7 Å². The Hall–Kier alpha value is -4.64. The molecule has 1 aliphatic carbocycles. The van der Waals surface area contributed by atoms with Crippen LogP contribution >= 0.6 is 0 Å². The Kier molecular flexibility index (Phi) is 7.12. The van der Waals surface area contributed by atoms with E-state index in [0.29, 0.717) is 17.8 Å². The lowest BCUT2D eigenvalue weighted by Crippen LogP contribution is -2.18. The van der Waals surface area contributed by atoms with Crippen molar-refractivity contribution >= 4 is 21.8 Å². The predicted molar refractivity (Wildman–Crippen MR) is 181 cm³/mol. The van der Waals surface area contributed by atoms with Gasteiger partial charge in [0, 0.05) is 40.6 Å². The van der Waals surface area contributed by atoms with Crippen LogP contribution < -0.4 is 4.74 Å². The van der Waals surface area contributed by atoms with E-state index in [4.69, 9.17) is 14.8 Å². The summed E-state index contributed by atoms with van der Waals surface area (Å²) < 4.78 is 10.9. The lowest BCUT2D eigenvalue weighted by Gasteiger charge is -2.30. The topological polar surface area (TPSA) is 44.9 Å². The summed E-state index contributed by atoms with van der Waals surface area (Å²) >= 11 is 0. The number of hydrogen-bond acceptors (Lipinski definition) is 3. The minimum absolute atomic E-state index is 0.331. The van der Waals surface area contributed by atoms with Gasteiger partial charge in [-0.3, -0.25) is 4.57 Å². The van der Waals surface area contributed by atoms with Gasteiger partial charge in [0.25, 0.3) is 0 Å². The zero-order chi connectivity index (χ0) is 30.5. The van der Waals surface area contributed by atoms with E-state index in [1.165, 1.54) is 46.0 Å². The molecule has 0 N–H and O–H groups in total. The molecule has 3 aromatic carbocycles. The first-order valence-corrected chi connectivity index (χ1v) is 15.8. The smallest absolute Gasteiger partial charge is 0.137 e. The zero-order valence-corrected chi connectivity index (χ0v) is 26.5. The average molecular weight is 581 g/mol. The van der Waals surface area contributed by atoms with Gasteiger partial charge in [0.15, 0.2) is 0 Å². The van der Waals surface area contributed by atoms with E-state index >= 15 is 0 Å². The molecule has 3 heterocycles. The molecule has 0 radical (unpaired) electrons. The molecule has 3 aromatic heterocycles. The van der Waals surface area contributed by atoms with Crippen LogP contribution in [0.2, 0.25) is 0 Å². The number of hydrogen-bond donors (Lipinski definition) is 0. The fraction of sp³-hybridized carbons (Fsp3) is 0.282. The number of ether oxygens (including phenoxy) is 1. The molecule has 5 heteroatoms. The summed E-state index contributed by atoms with van der Waals surface area (Å²) in [4.78, 5) is 4.72. The quantitative estimate of drug-likeness (QED) is 0.184. The van der Waals surface area contributed by atoms with Gasteiger partial charge in [-0.2, -0.15) is 5.10 Å². The average Bonchev–Trinajstić information content (AvgIpc) is 3.52. The van der Waals surface area contributed by atoms with Crippen molar-refractivity contribution in [2.24, 2.45) is 5.92 Å². The SMILES string of the molecule is CC1=CCC[C@H](C)C1c1c(C)nn(-c2cccc(Oc3ccc4c5ccccc5n(-c5cc(C)ccn5)c4c3)c2)c1C(C)C. The van der Waals surface area contributed by atoms with Crippen molar-refractivity contribution in [1.82, 2.24) is 19.3 Å². The summed E-state index contributed by atoms with van der Waals surface area (Å²) in [7, 11) is 0. The van der Waals surface area contributed by atoms with Crippen LogP contribution in [0.1, 0.15) is 74.9 Å². The summed E-state index contributed by atoms with van der Waals surface area (Å²) in [6.45, 7) is 13.5. The molecular weight excluding hydrogens is 540 g/mol. The van der Waals surface area contributed by atoms with Gasteiger partial charge in [-0.25, -0.2) is 9.67 Å². The van der Waals surface area contributed by atoms with E-state index in [9.17, 15) is 0 Å². The molecule has 0 fully saturated rings. The summed E-state index contributed by atoms with van der Waals surface area (Å²) in [5.41, 5.74) is 9.67. The van der Waals surface area contributed by atoms with Crippen molar-refractivity contribution in [2.45, 2.75) is 66.2 Å². The number of rotatable bonds is 6. The molecule has 0 saturated carbocycles. The molecule has 0 amide bonds. The van der Waals surface area contributed by atoms with Crippen LogP contribution in [0.3, 0.4) is 0 Å². The second-order valence-electron chi connectivity index (χ2n) is 12.8. The highest BCUT2D eigenvalue weighted by Crippen LogP contribution is 2.43. The lowest BCUT2D eigenvalue weighted by molar-refractivity contribution is 0.445. The van der Waals surface area contributed by atoms with Gasteiger partial charge in [0.1, 0.15) is 17.3 Å². The van der Waals surface area contributed by atoms with Crippen LogP contribution in [0, 0.1) is 19.8 Å². The van der Waals surface area contributed by atoms with Crippen LogP contribution in [0.25, 0.3) is 33.3 Å². The molecule has 0 spiro atoms. The second kappa shape index (κ2) is 11.1. The number of fused-ring (bicyclic) bond motifs is 3. The maximum atomic E-state index is 6.56. The summed E-state index contributed by atoms with van der Waals surface area (Å²) in [5, 5.41) is 7.51. The molecule has 5 nitrogen and oxygen atoms in total. The molecule has 0 aliphatic heterocycles. The van der Waals surface area contributed by atoms with E-state index in [1.807, 2.05) is 18.3 Å². The third-order valence-corrected chi connectivity index (χ3v) is 9.22. The van der Waals surface area contributed by atoms with Gasteiger partial charge >= 0.3 is 0 Å². The van der Waals surface area contributed by atoms with Crippen molar-refractivity contribution in [1.29, 1.82) is 0 Å². The number of allylic oxidation sites excluding steroid dienone is 2. The number of para-hydroxylation sites is 1. The molecule has 0 bridgehead atoms.